The smallest absolute Gasteiger partial charge is 0.260 e. The zero-order valence-corrected chi connectivity index (χ0v) is 9.75. The van der Waals surface area contributed by atoms with Crippen molar-refractivity contribution >= 4 is 23.8 Å². The van der Waals surface area contributed by atoms with Crippen molar-refractivity contribution in [2.45, 2.75) is 13.0 Å². The first kappa shape index (κ1) is 12.5. The van der Waals surface area contributed by atoms with Crippen LogP contribution in [0.4, 0.5) is 0 Å². The Hall–Kier alpha value is -1.55. The highest BCUT2D eigenvalue weighted by molar-refractivity contribution is 6.32. The molecule has 1 unspecified atom stereocenters. The predicted octanol–water partition coefficient (Wildman–Crippen LogP) is 1.67. The molecule has 4 nitrogen and oxygen atoms in total. The van der Waals surface area contributed by atoms with Crippen LogP contribution in [-0.2, 0) is 4.79 Å². The van der Waals surface area contributed by atoms with Gasteiger partial charge in [0.05, 0.1) is 5.02 Å². The largest absolute Gasteiger partial charge is 0.479 e. The molecule has 1 aromatic carbocycles. The molecule has 1 amide bonds. The van der Waals surface area contributed by atoms with Crippen LogP contribution in [0.1, 0.15) is 17.3 Å². The first-order valence-electron chi connectivity index (χ1n) is 4.71. The summed E-state index contributed by atoms with van der Waals surface area (Å²) in [5, 5.41) is 2.77. The summed E-state index contributed by atoms with van der Waals surface area (Å²) in [5.41, 5.74) is 0.463. The first-order chi connectivity index (χ1) is 7.58. The molecule has 1 aromatic rings. The average molecular weight is 242 g/mol. The molecule has 16 heavy (non-hydrogen) atoms. The van der Waals surface area contributed by atoms with Gasteiger partial charge in [0.15, 0.2) is 6.10 Å². The van der Waals surface area contributed by atoms with Crippen molar-refractivity contribution in [3.8, 4) is 5.75 Å². The molecule has 0 saturated heterocycles. The lowest BCUT2D eigenvalue weighted by Gasteiger charge is -2.14. The molecular weight excluding hydrogens is 230 g/mol. The number of carbonyl (C=O) groups is 2. The number of nitrogens with one attached hydrogen (secondary N) is 1. The Bertz CT molecular complexity index is 406. The van der Waals surface area contributed by atoms with Gasteiger partial charge in [-0.05, 0) is 25.1 Å². The lowest BCUT2D eigenvalue weighted by Crippen LogP contribution is -2.33. The Morgan fingerprint density at radius 1 is 1.56 bits per heavy atom. The minimum atomic E-state index is -0.635. The maximum Gasteiger partial charge on any atom is 0.260 e. The number of ether oxygens (including phenoxy) is 1. The SMILES string of the molecule is CNC(=O)C(C)Oc1ccc(C=O)cc1Cl. The molecule has 1 atom stereocenters. The van der Waals surface area contributed by atoms with Crippen LogP contribution < -0.4 is 10.1 Å². The summed E-state index contributed by atoms with van der Waals surface area (Å²) in [6.07, 6.45) is 0.0577. The maximum absolute atomic E-state index is 11.2. The van der Waals surface area contributed by atoms with E-state index in [4.69, 9.17) is 16.3 Å². The summed E-state index contributed by atoms with van der Waals surface area (Å²) in [6.45, 7) is 1.61. The van der Waals surface area contributed by atoms with Crippen LogP contribution in [0.2, 0.25) is 5.02 Å². The summed E-state index contributed by atoms with van der Waals surface area (Å²) < 4.78 is 5.34. The molecule has 0 aliphatic carbocycles. The van der Waals surface area contributed by atoms with Crippen LogP contribution in [0.15, 0.2) is 18.2 Å². The van der Waals surface area contributed by atoms with Crippen molar-refractivity contribution < 1.29 is 14.3 Å². The lowest BCUT2D eigenvalue weighted by molar-refractivity contribution is -0.126. The number of hydrogen-bond acceptors (Lipinski definition) is 3. The number of hydrogen-bond donors (Lipinski definition) is 1. The van der Waals surface area contributed by atoms with E-state index in [1.165, 1.54) is 13.1 Å². The zero-order valence-electron chi connectivity index (χ0n) is 8.99. The normalized spacial score (nSPS) is 11.7. The van der Waals surface area contributed by atoms with Gasteiger partial charge in [-0.25, -0.2) is 0 Å². The third-order valence-electron chi connectivity index (χ3n) is 2.01. The van der Waals surface area contributed by atoms with Gasteiger partial charge in [0, 0.05) is 12.6 Å². The Balaban J connectivity index is 2.82. The summed E-state index contributed by atoms with van der Waals surface area (Å²) in [5.74, 6) is 0.138. The number of carbonyl (C=O) groups excluding carboxylic acids is 2. The molecule has 0 spiro atoms. The third kappa shape index (κ3) is 2.97. The lowest BCUT2D eigenvalue weighted by atomic mass is 10.2. The Labute approximate surface area is 98.5 Å². The van der Waals surface area contributed by atoms with Crippen molar-refractivity contribution in [3.05, 3.63) is 28.8 Å². The third-order valence-corrected chi connectivity index (χ3v) is 2.31. The van der Waals surface area contributed by atoms with Gasteiger partial charge in [-0.15, -0.1) is 0 Å². The fourth-order valence-corrected chi connectivity index (χ4v) is 1.37. The van der Waals surface area contributed by atoms with E-state index in [9.17, 15) is 9.59 Å². The average Bonchev–Trinajstić information content (AvgIpc) is 2.30. The van der Waals surface area contributed by atoms with E-state index in [0.717, 1.165) is 0 Å². The molecule has 0 aliphatic heterocycles. The van der Waals surface area contributed by atoms with Gasteiger partial charge >= 0.3 is 0 Å². The van der Waals surface area contributed by atoms with Crippen molar-refractivity contribution in [3.63, 3.8) is 0 Å². The van der Waals surface area contributed by atoms with Crippen LogP contribution in [-0.4, -0.2) is 25.3 Å². The van der Waals surface area contributed by atoms with Crippen LogP contribution in [0.5, 0.6) is 5.75 Å². The molecule has 5 heteroatoms. The maximum atomic E-state index is 11.2. The Morgan fingerprint density at radius 3 is 2.75 bits per heavy atom. The predicted molar refractivity (Wildman–Crippen MR) is 61.0 cm³/mol. The fourth-order valence-electron chi connectivity index (χ4n) is 1.13. The number of amides is 1. The second kappa shape index (κ2) is 5.51. The van der Waals surface area contributed by atoms with Gasteiger partial charge in [-0.1, -0.05) is 11.6 Å². The van der Waals surface area contributed by atoms with E-state index >= 15 is 0 Å². The molecular formula is C11H12ClNO3. The molecule has 1 N–H and O–H groups in total. The monoisotopic (exact) mass is 241 g/mol. The summed E-state index contributed by atoms with van der Waals surface area (Å²) in [7, 11) is 1.53. The minimum Gasteiger partial charge on any atom is -0.479 e. The fraction of sp³-hybridized carbons (Fsp3) is 0.273. The highest BCUT2D eigenvalue weighted by atomic mass is 35.5. The van der Waals surface area contributed by atoms with Crippen LogP contribution in [0.3, 0.4) is 0 Å². The van der Waals surface area contributed by atoms with E-state index < -0.39 is 6.10 Å². The molecule has 0 aliphatic rings. The number of rotatable bonds is 4. The standard InChI is InChI=1S/C11H12ClNO3/c1-7(11(15)13-2)16-10-4-3-8(6-14)5-9(10)12/h3-7H,1-2H3,(H,13,15). The highest BCUT2D eigenvalue weighted by Crippen LogP contribution is 2.25. The molecule has 0 aromatic heterocycles. The van der Waals surface area contributed by atoms with E-state index in [0.29, 0.717) is 22.6 Å². The second-order valence-corrected chi connectivity index (χ2v) is 3.59. The summed E-state index contributed by atoms with van der Waals surface area (Å²) in [6, 6.07) is 4.62. The van der Waals surface area contributed by atoms with Gasteiger partial charge in [0.2, 0.25) is 0 Å². The van der Waals surface area contributed by atoms with Crippen LogP contribution in [0.25, 0.3) is 0 Å². The molecule has 1 rings (SSSR count). The molecule has 0 bridgehead atoms. The van der Waals surface area contributed by atoms with E-state index in [-0.39, 0.29) is 5.91 Å². The first-order valence-corrected chi connectivity index (χ1v) is 5.09. The molecule has 0 saturated carbocycles. The quantitative estimate of drug-likeness (QED) is 0.816. The van der Waals surface area contributed by atoms with Gasteiger partial charge in [0.25, 0.3) is 5.91 Å². The second-order valence-electron chi connectivity index (χ2n) is 3.18. The van der Waals surface area contributed by atoms with Crippen LogP contribution in [0, 0.1) is 0 Å². The molecule has 0 radical (unpaired) electrons. The molecule has 86 valence electrons. The van der Waals surface area contributed by atoms with Crippen molar-refractivity contribution in [1.29, 1.82) is 0 Å². The van der Waals surface area contributed by atoms with E-state index in [1.54, 1.807) is 19.1 Å². The zero-order chi connectivity index (χ0) is 12.1. The Kier molecular flexibility index (Phi) is 4.31. The summed E-state index contributed by atoms with van der Waals surface area (Å²) in [4.78, 5) is 21.7. The number of halogens is 1. The van der Waals surface area contributed by atoms with Gasteiger partial charge in [-0.2, -0.15) is 0 Å². The van der Waals surface area contributed by atoms with Gasteiger partial charge < -0.3 is 10.1 Å². The number of likely N-dealkylation sites (N-methyl/N-ethyl adjacent to an activating group) is 1. The highest BCUT2D eigenvalue weighted by Gasteiger charge is 2.14. The number of benzene rings is 1. The van der Waals surface area contributed by atoms with Crippen LogP contribution >= 0.6 is 11.6 Å². The topological polar surface area (TPSA) is 55.4 Å². The van der Waals surface area contributed by atoms with Gasteiger partial charge in [0.1, 0.15) is 12.0 Å². The summed E-state index contributed by atoms with van der Waals surface area (Å²) >= 11 is 5.88. The molecule has 0 fully saturated rings. The van der Waals surface area contributed by atoms with Crippen molar-refractivity contribution in [2.75, 3.05) is 7.05 Å². The number of aldehydes is 1. The van der Waals surface area contributed by atoms with E-state index in [2.05, 4.69) is 5.32 Å². The molecule has 0 heterocycles. The minimum absolute atomic E-state index is 0.240. The van der Waals surface area contributed by atoms with Crippen molar-refractivity contribution in [1.82, 2.24) is 5.32 Å². The van der Waals surface area contributed by atoms with Crippen molar-refractivity contribution in [2.24, 2.45) is 0 Å². The van der Waals surface area contributed by atoms with Gasteiger partial charge in [-0.3, -0.25) is 9.59 Å². The Morgan fingerprint density at radius 2 is 2.25 bits per heavy atom. The van der Waals surface area contributed by atoms with E-state index in [1.807, 2.05) is 0 Å².